The lowest BCUT2D eigenvalue weighted by atomic mass is 9.92. The molecule has 1 atom stereocenters. The number of allylic oxidation sites excluding steroid dienone is 2. The second-order valence-electron chi connectivity index (χ2n) is 8.59. The summed E-state index contributed by atoms with van der Waals surface area (Å²) in [4.78, 5) is 16.0. The molecule has 4 rings (SSSR count). The van der Waals surface area contributed by atoms with Gasteiger partial charge in [0.2, 0.25) is 5.91 Å². The van der Waals surface area contributed by atoms with Crippen LogP contribution < -0.4 is 21.9 Å². The maximum atomic E-state index is 11.9. The van der Waals surface area contributed by atoms with Crippen LogP contribution in [0.1, 0.15) is 41.6 Å². The van der Waals surface area contributed by atoms with Gasteiger partial charge >= 0.3 is 0 Å². The zero-order valence-electron chi connectivity index (χ0n) is 20.2. The highest BCUT2D eigenvalue weighted by Gasteiger charge is 2.32. The van der Waals surface area contributed by atoms with Crippen LogP contribution in [0.15, 0.2) is 59.4 Å². The molecule has 178 valence electrons. The number of carbonyl (C=O) groups is 1. The average Bonchev–Trinajstić information content (AvgIpc) is 3.03. The minimum atomic E-state index is -0.00137. The number of carbonyl (C=O) groups excluding carboxylic acids is 1. The fraction of sp³-hybridized carbons (Fsp3) is 0.308. The molecule has 2 heterocycles. The Labute approximate surface area is 201 Å². The largest absolute Gasteiger partial charge is 0.404 e. The quantitative estimate of drug-likeness (QED) is 0.496. The first-order chi connectivity index (χ1) is 16.4. The zero-order valence-corrected chi connectivity index (χ0v) is 20.2. The Bertz CT molecular complexity index is 1170. The molecule has 1 amide bonds. The summed E-state index contributed by atoms with van der Waals surface area (Å²) in [6.07, 6.45) is 4.62. The third-order valence-corrected chi connectivity index (χ3v) is 6.40. The van der Waals surface area contributed by atoms with Crippen LogP contribution in [0.25, 0.3) is 11.3 Å². The molecule has 5 N–H and O–H groups in total. The predicted octanol–water partition coefficient (Wildman–Crippen LogP) is 2.89. The van der Waals surface area contributed by atoms with Crippen LogP contribution in [0.5, 0.6) is 0 Å². The molecule has 2 aliphatic rings. The van der Waals surface area contributed by atoms with Crippen molar-refractivity contribution in [2.24, 2.45) is 10.7 Å². The van der Waals surface area contributed by atoms with Crippen molar-refractivity contribution >= 4 is 29.1 Å². The summed E-state index contributed by atoms with van der Waals surface area (Å²) in [6, 6.07) is 14.6. The number of aliphatic imine (C=N–C) groups is 1. The number of anilines is 1. The topological polar surface area (TPSA) is 98.0 Å². The fourth-order valence-corrected chi connectivity index (χ4v) is 4.57. The van der Waals surface area contributed by atoms with Crippen LogP contribution in [0.4, 0.5) is 5.69 Å². The Kier molecular flexibility index (Phi) is 6.88. The summed E-state index contributed by atoms with van der Waals surface area (Å²) >= 11 is 0. The minimum absolute atomic E-state index is 0.00137. The molecule has 2 aliphatic heterocycles. The van der Waals surface area contributed by atoms with Gasteiger partial charge in [0.15, 0.2) is 0 Å². The van der Waals surface area contributed by atoms with Gasteiger partial charge in [-0.3, -0.25) is 19.8 Å². The maximum absolute atomic E-state index is 11.9. The van der Waals surface area contributed by atoms with E-state index < -0.39 is 0 Å². The normalized spacial score (nSPS) is 18.1. The van der Waals surface area contributed by atoms with E-state index in [1.54, 1.807) is 26.5 Å². The van der Waals surface area contributed by atoms with Crippen molar-refractivity contribution in [2.45, 2.75) is 25.8 Å². The van der Waals surface area contributed by atoms with Crippen LogP contribution in [0.3, 0.4) is 0 Å². The first-order valence-corrected chi connectivity index (χ1v) is 11.5. The van der Waals surface area contributed by atoms with E-state index in [1.165, 1.54) is 22.5 Å². The number of nitrogens with one attached hydrogen (secondary N) is 3. The first-order valence-electron chi connectivity index (χ1n) is 11.5. The zero-order chi connectivity index (χ0) is 24.2. The highest BCUT2D eigenvalue weighted by atomic mass is 16.1. The third kappa shape index (κ3) is 4.63. The lowest BCUT2D eigenvalue weighted by molar-refractivity contribution is -0.119. The molecule has 2 aromatic carbocycles. The van der Waals surface area contributed by atoms with E-state index >= 15 is 0 Å². The van der Waals surface area contributed by atoms with E-state index in [-0.39, 0.29) is 11.9 Å². The number of amides is 1. The molecular weight excluding hydrogens is 426 g/mol. The molecular formula is C26H33N7O. The van der Waals surface area contributed by atoms with Gasteiger partial charge in [-0.25, -0.2) is 0 Å². The van der Waals surface area contributed by atoms with Gasteiger partial charge in [-0.2, -0.15) is 0 Å². The molecule has 0 saturated carbocycles. The maximum Gasteiger partial charge on any atom is 0.224 e. The summed E-state index contributed by atoms with van der Waals surface area (Å²) in [5, 5.41) is 10.7. The molecule has 0 radical (unpaired) electrons. The highest BCUT2D eigenvalue weighted by molar-refractivity contribution is 6.09. The highest BCUT2D eigenvalue weighted by Crippen LogP contribution is 2.39. The van der Waals surface area contributed by atoms with Crippen molar-refractivity contribution in [3.63, 3.8) is 0 Å². The summed E-state index contributed by atoms with van der Waals surface area (Å²) in [7, 11) is 5.44. The molecule has 0 saturated heterocycles. The van der Waals surface area contributed by atoms with Gasteiger partial charge in [0.05, 0.1) is 23.9 Å². The van der Waals surface area contributed by atoms with Gasteiger partial charge < -0.3 is 16.4 Å². The molecule has 0 spiro atoms. The molecule has 0 bridgehead atoms. The van der Waals surface area contributed by atoms with Gasteiger partial charge in [0, 0.05) is 56.9 Å². The van der Waals surface area contributed by atoms with Crippen molar-refractivity contribution in [3.05, 3.63) is 76.6 Å². The number of rotatable bonds is 6. The number of nitrogens with zero attached hydrogens (tertiary/aromatic N) is 3. The predicted molar refractivity (Wildman–Crippen MR) is 138 cm³/mol. The number of likely N-dealkylation sites (N-methyl/N-ethyl adjacent to an activating group) is 1. The Morgan fingerprint density at radius 2 is 2.12 bits per heavy atom. The van der Waals surface area contributed by atoms with Crippen molar-refractivity contribution in [3.8, 4) is 0 Å². The molecule has 0 aromatic heterocycles. The van der Waals surface area contributed by atoms with Crippen molar-refractivity contribution in [1.82, 2.24) is 20.9 Å². The number of nitrogens with two attached hydrogens (primary N) is 1. The Balaban J connectivity index is 1.76. The second kappa shape index (κ2) is 10.0. The van der Waals surface area contributed by atoms with Gasteiger partial charge in [0.1, 0.15) is 0 Å². The second-order valence-corrected chi connectivity index (χ2v) is 8.59. The SMILES string of the molecule is CN=CC(=CN)c1ccc2c(c1)C(Nc1cccc(CC(=O)NC)c1)CCN1NN(C)C(C)=C21. The van der Waals surface area contributed by atoms with Gasteiger partial charge in [-0.1, -0.05) is 24.3 Å². The first kappa shape index (κ1) is 23.4. The number of hydrazine groups is 2. The van der Waals surface area contributed by atoms with Crippen molar-refractivity contribution < 1.29 is 4.79 Å². The molecule has 8 heteroatoms. The Morgan fingerprint density at radius 3 is 2.85 bits per heavy atom. The lowest BCUT2D eigenvalue weighted by Gasteiger charge is -2.23. The van der Waals surface area contributed by atoms with Crippen LogP contribution in [-0.4, -0.2) is 49.8 Å². The molecule has 34 heavy (non-hydrogen) atoms. The van der Waals surface area contributed by atoms with Gasteiger partial charge in [-0.15, -0.1) is 5.53 Å². The van der Waals surface area contributed by atoms with Crippen LogP contribution in [0.2, 0.25) is 0 Å². The monoisotopic (exact) mass is 459 g/mol. The lowest BCUT2D eigenvalue weighted by Crippen LogP contribution is -2.39. The number of hydrogen-bond donors (Lipinski definition) is 4. The van der Waals surface area contributed by atoms with E-state index in [0.29, 0.717) is 6.42 Å². The average molecular weight is 460 g/mol. The summed E-state index contributed by atoms with van der Waals surface area (Å²) in [5.74, 6) is -0.00137. The Hall–Kier alpha value is -3.78. The molecule has 1 unspecified atom stereocenters. The smallest absolute Gasteiger partial charge is 0.224 e. The Morgan fingerprint density at radius 1 is 1.29 bits per heavy atom. The van der Waals surface area contributed by atoms with E-state index in [9.17, 15) is 4.79 Å². The molecule has 0 fully saturated rings. The van der Waals surface area contributed by atoms with Crippen LogP contribution in [-0.2, 0) is 11.2 Å². The van der Waals surface area contributed by atoms with Crippen molar-refractivity contribution in [2.75, 3.05) is 33.0 Å². The van der Waals surface area contributed by atoms with Gasteiger partial charge in [0.25, 0.3) is 0 Å². The van der Waals surface area contributed by atoms with E-state index in [2.05, 4.69) is 62.4 Å². The summed E-state index contributed by atoms with van der Waals surface area (Å²) in [6.45, 7) is 2.97. The summed E-state index contributed by atoms with van der Waals surface area (Å²) < 4.78 is 0. The van der Waals surface area contributed by atoms with Crippen LogP contribution >= 0.6 is 0 Å². The van der Waals surface area contributed by atoms with Crippen molar-refractivity contribution in [1.29, 1.82) is 0 Å². The number of fused-ring (bicyclic) bond motifs is 3. The minimum Gasteiger partial charge on any atom is -0.404 e. The van der Waals surface area contributed by atoms with Crippen LogP contribution in [0, 0.1) is 0 Å². The standard InChI is InChI=1S/C26H33N7O/c1-17-26-22-9-8-19(20(15-27)16-28-2)14-23(22)24(10-11-33(26)31-32(17)4)30-21-7-5-6-18(12-21)13-25(34)29-3/h5-9,12,14-16,24,30-31H,10-11,13,27H2,1-4H3,(H,29,34). The van der Waals surface area contributed by atoms with E-state index in [0.717, 1.165) is 35.4 Å². The fourth-order valence-electron chi connectivity index (χ4n) is 4.57. The van der Waals surface area contributed by atoms with E-state index in [1.807, 2.05) is 25.2 Å². The summed E-state index contributed by atoms with van der Waals surface area (Å²) in [5.41, 5.74) is 18.0. The molecule has 0 aliphatic carbocycles. The molecule has 2 aromatic rings. The van der Waals surface area contributed by atoms with E-state index in [4.69, 9.17) is 5.73 Å². The van der Waals surface area contributed by atoms with Gasteiger partial charge in [-0.05, 0) is 48.2 Å². The number of hydrogen-bond acceptors (Lipinski definition) is 7. The molecule has 8 nitrogen and oxygen atoms in total. The third-order valence-electron chi connectivity index (χ3n) is 6.40. The number of benzene rings is 2.